The third-order valence-electron chi connectivity index (χ3n) is 6.32. The summed E-state index contributed by atoms with van der Waals surface area (Å²) in [6.07, 6.45) is 6.38. The maximum absolute atomic E-state index is 13.5. The molecule has 5 rings (SSSR count). The summed E-state index contributed by atoms with van der Waals surface area (Å²) in [5.41, 5.74) is 1.77. The summed E-state index contributed by atoms with van der Waals surface area (Å²) in [5, 5.41) is 10.3. The van der Waals surface area contributed by atoms with Crippen molar-refractivity contribution in [3.63, 3.8) is 0 Å². The van der Waals surface area contributed by atoms with Gasteiger partial charge in [0.15, 0.2) is 10.1 Å². The number of furan rings is 1. The molecule has 2 aromatic heterocycles. The summed E-state index contributed by atoms with van der Waals surface area (Å²) in [7, 11) is 0. The molecular weight excluding hydrogens is 402 g/mol. The molecule has 0 bridgehead atoms. The van der Waals surface area contributed by atoms with E-state index >= 15 is 0 Å². The molecular formula is C22H25N3O2S2. The Labute approximate surface area is 178 Å². The van der Waals surface area contributed by atoms with Gasteiger partial charge in [-0.1, -0.05) is 60.6 Å². The lowest BCUT2D eigenvalue weighted by Gasteiger charge is -2.41. The molecule has 0 unspecified atom stereocenters. The number of carbonyl (C=O) groups excluding carboxylic acids is 1. The van der Waals surface area contributed by atoms with Crippen molar-refractivity contribution in [2.45, 2.75) is 49.1 Å². The molecule has 152 valence electrons. The largest absolute Gasteiger partial charge is 0.451 e. The van der Waals surface area contributed by atoms with Gasteiger partial charge in [-0.05, 0) is 37.7 Å². The lowest BCUT2D eigenvalue weighted by Crippen LogP contribution is -2.44. The van der Waals surface area contributed by atoms with Crippen molar-refractivity contribution >= 4 is 40.0 Å². The highest BCUT2D eigenvalue weighted by molar-refractivity contribution is 8.00. The quantitative estimate of drug-likeness (QED) is 0.512. The summed E-state index contributed by atoms with van der Waals surface area (Å²) in [4.78, 5) is 15.5. The monoisotopic (exact) mass is 427 g/mol. The van der Waals surface area contributed by atoms with Crippen LogP contribution in [0.2, 0.25) is 0 Å². The SMILES string of the molecule is Cc1nnc(SCc2c(C(=O)N3CC[C@@H]4CCCC[C@@H]4C3)oc3ccccc23)s1. The molecule has 1 saturated heterocycles. The molecule has 1 aromatic carbocycles. The number of thioether (sulfide) groups is 1. The number of piperidine rings is 1. The van der Waals surface area contributed by atoms with Gasteiger partial charge in [-0.2, -0.15) is 0 Å². The molecule has 1 aliphatic carbocycles. The summed E-state index contributed by atoms with van der Waals surface area (Å²) < 4.78 is 7.03. The van der Waals surface area contributed by atoms with E-state index in [1.807, 2.05) is 36.1 Å². The van der Waals surface area contributed by atoms with E-state index in [2.05, 4.69) is 10.2 Å². The van der Waals surface area contributed by atoms with E-state index < -0.39 is 0 Å². The van der Waals surface area contributed by atoms with Crippen molar-refractivity contribution in [2.75, 3.05) is 13.1 Å². The van der Waals surface area contributed by atoms with Crippen LogP contribution < -0.4 is 0 Å². The van der Waals surface area contributed by atoms with E-state index in [0.29, 0.717) is 17.4 Å². The van der Waals surface area contributed by atoms with Crippen molar-refractivity contribution in [3.05, 3.63) is 40.6 Å². The third-order valence-corrected chi connectivity index (χ3v) is 8.32. The first-order valence-electron chi connectivity index (χ1n) is 10.4. The highest BCUT2D eigenvalue weighted by Gasteiger charge is 2.35. The molecule has 1 amide bonds. The minimum absolute atomic E-state index is 0.0502. The van der Waals surface area contributed by atoms with Gasteiger partial charge in [0.1, 0.15) is 10.6 Å². The van der Waals surface area contributed by atoms with E-state index in [-0.39, 0.29) is 5.91 Å². The topological polar surface area (TPSA) is 59.2 Å². The molecule has 29 heavy (non-hydrogen) atoms. The molecule has 2 atom stereocenters. The Morgan fingerprint density at radius 2 is 2.03 bits per heavy atom. The van der Waals surface area contributed by atoms with Gasteiger partial charge in [0.25, 0.3) is 5.91 Å². The maximum atomic E-state index is 13.5. The first-order valence-corrected chi connectivity index (χ1v) is 12.2. The number of aromatic nitrogens is 2. The van der Waals surface area contributed by atoms with Crippen molar-refractivity contribution < 1.29 is 9.21 Å². The number of nitrogens with zero attached hydrogens (tertiary/aromatic N) is 3. The second-order valence-corrected chi connectivity index (χ2v) is 10.5. The molecule has 3 aromatic rings. The summed E-state index contributed by atoms with van der Waals surface area (Å²) in [6.45, 7) is 3.68. The number of hydrogen-bond donors (Lipinski definition) is 0. The Kier molecular flexibility index (Phi) is 5.35. The van der Waals surface area contributed by atoms with Gasteiger partial charge in [0.2, 0.25) is 0 Å². The Balaban J connectivity index is 1.41. The van der Waals surface area contributed by atoms with Gasteiger partial charge in [-0.3, -0.25) is 4.79 Å². The number of likely N-dealkylation sites (tertiary alicyclic amines) is 1. The Bertz CT molecular complexity index is 1030. The molecule has 3 heterocycles. The van der Waals surface area contributed by atoms with Crippen LogP contribution in [-0.4, -0.2) is 34.1 Å². The number of fused-ring (bicyclic) bond motifs is 2. The van der Waals surface area contributed by atoms with Crippen LogP contribution in [-0.2, 0) is 5.75 Å². The molecule has 2 fully saturated rings. The molecule has 7 heteroatoms. The van der Waals surface area contributed by atoms with Crippen LogP contribution in [0.3, 0.4) is 0 Å². The van der Waals surface area contributed by atoms with Crippen LogP contribution in [0.4, 0.5) is 0 Å². The van der Waals surface area contributed by atoms with Gasteiger partial charge < -0.3 is 9.32 Å². The van der Waals surface area contributed by atoms with E-state index in [1.165, 1.54) is 25.7 Å². The minimum atomic E-state index is 0.0502. The normalized spacial score (nSPS) is 22.0. The van der Waals surface area contributed by atoms with Gasteiger partial charge in [-0.25, -0.2) is 0 Å². The van der Waals surface area contributed by atoms with Gasteiger partial charge in [0, 0.05) is 29.8 Å². The second-order valence-electron chi connectivity index (χ2n) is 8.13. The number of rotatable bonds is 4. The van der Waals surface area contributed by atoms with Crippen LogP contribution in [0, 0.1) is 18.8 Å². The predicted octanol–water partition coefficient (Wildman–Crippen LogP) is 5.54. The number of amides is 1. The van der Waals surface area contributed by atoms with Crippen LogP contribution >= 0.6 is 23.1 Å². The average molecular weight is 428 g/mol. The standard InChI is InChI=1S/C22H25N3O2S2/c1-14-23-24-22(29-14)28-13-18-17-8-4-5-9-19(17)27-20(18)21(26)25-11-10-15-6-2-3-7-16(15)12-25/h4-5,8-9,15-16H,2-3,6-7,10-13H2,1H3/t15-,16+/m0/s1. The third kappa shape index (κ3) is 3.82. The Morgan fingerprint density at radius 1 is 1.21 bits per heavy atom. The number of hydrogen-bond acceptors (Lipinski definition) is 6. The van der Waals surface area contributed by atoms with E-state index in [9.17, 15) is 4.79 Å². The smallest absolute Gasteiger partial charge is 0.289 e. The molecule has 0 spiro atoms. The first kappa shape index (κ1) is 19.1. The van der Waals surface area contributed by atoms with Crippen molar-refractivity contribution in [3.8, 4) is 0 Å². The zero-order valence-corrected chi connectivity index (χ0v) is 18.2. The Morgan fingerprint density at radius 3 is 2.86 bits per heavy atom. The Hall–Kier alpha value is -1.86. The highest BCUT2D eigenvalue weighted by atomic mass is 32.2. The first-order chi connectivity index (χ1) is 14.2. The maximum Gasteiger partial charge on any atom is 0.289 e. The fraction of sp³-hybridized carbons (Fsp3) is 0.500. The van der Waals surface area contributed by atoms with Crippen LogP contribution in [0.15, 0.2) is 33.0 Å². The van der Waals surface area contributed by atoms with E-state index in [4.69, 9.17) is 4.42 Å². The number of para-hydroxylation sites is 1. The second kappa shape index (κ2) is 8.11. The van der Waals surface area contributed by atoms with Gasteiger partial charge in [-0.15, -0.1) is 10.2 Å². The van der Waals surface area contributed by atoms with Crippen molar-refractivity contribution in [2.24, 2.45) is 11.8 Å². The predicted molar refractivity (Wildman–Crippen MR) is 116 cm³/mol. The summed E-state index contributed by atoms with van der Waals surface area (Å²) >= 11 is 3.21. The summed E-state index contributed by atoms with van der Waals surface area (Å²) in [6, 6.07) is 7.95. The molecule has 0 radical (unpaired) electrons. The fourth-order valence-electron chi connectivity index (χ4n) is 4.81. The van der Waals surface area contributed by atoms with Crippen LogP contribution in [0.5, 0.6) is 0 Å². The number of carbonyl (C=O) groups is 1. The van der Waals surface area contributed by atoms with Crippen molar-refractivity contribution in [1.29, 1.82) is 0 Å². The summed E-state index contributed by atoms with van der Waals surface area (Å²) in [5.74, 6) is 2.68. The van der Waals surface area contributed by atoms with Crippen LogP contribution in [0.1, 0.15) is 53.2 Å². The molecule has 5 nitrogen and oxygen atoms in total. The van der Waals surface area contributed by atoms with E-state index in [0.717, 1.165) is 51.3 Å². The molecule has 1 aliphatic heterocycles. The fourth-order valence-corrected chi connectivity index (χ4v) is 6.66. The number of benzene rings is 1. The van der Waals surface area contributed by atoms with E-state index in [1.54, 1.807) is 23.1 Å². The minimum Gasteiger partial charge on any atom is -0.451 e. The lowest BCUT2D eigenvalue weighted by atomic mass is 9.75. The lowest BCUT2D eigenvalue weighted by molar-refractivity contribution is 0.0493. The highest BCUT2D eigenvalue weighted by Crippen LogP contribution is 2.38. The van der Waals surface area contributed by atoms with Crippen LogP contribution in [0.25, 0.3) is 11.0 Å². The zero-order chi connectivity index (χ0) is 19.8. The van der Waals surface area contributed by atoms with Gasteiger partial charge >= 0.3 is 0 Å². The zero-order valence-electron chi connectivity index (χ0n) is 16.6. The molecule has 1 saturated carbocycles. The average Bonchev–Trinajstić information content (AvgIpc) is 3.34. The molecule has 2 aliphatic rings. The molecule has 0 N–H and O–H groups in total. The number of aryl methyl sites for hydroxylation is 1. The van der Waals surface area contributed by atoms with Gasteiger partial charge in [0.05, 0.1) is 0 Å². The van der Waals surface area contributed by atoms with Crippen molar-refractivity contribution in [1.82, 2.24) is 15.1 Å².